The van der Waals surface area contributed by atoms with Gasteiger partial charge in [-0.2, -0.15) is 0 Å². The lowest BCUT2D eigenvalue weighted by molar-refractivity contribution is -0.119. The molecule has 2 amide bonds. The molecule has 1 saturated heterocycles. The van der Waals surface area contributed by atoms with Crippen LogP contribution in [-0.2, 0) is 4.79 Å². The highest BCUT2D eigenvalue weighted by Crippen LogP contribution is 2.29. The summed E-state index contributed by atoms with van der Waals surface area (Å²) in [5, 5.41) is 6.35. The highest BCUT2D eigenvalue weighted by molar-refractivity contribution is 6.01. The molecule has 0 radical (unpaired) electrons. The van der Waals surface area contributed by atoms with E-state index in [1.807, 2.05) is 53.4 Å². The first-order valence-electron chi connectivity index (χ1n) is 10.2. The van der Waals surface area contributed by atoms with Gasteiger partial charge < -0.3 is 15.5 Å². The highest BCUT2D eigenvalue weighted by Gasteiger charge is 2.23. The molecule has 1 aliphatic carbocycles. The van der Waals surface area contributed by atoms with E-state index in [4.69, 9.17) is 0 Å². The van der Waals surface area contributed by atoms with Gasteiger partial charge in [0.1, 0.15) is 0 Å². The number of piperazine rings is 1. The number of benzene rings is 2. The average Bonchev–Trinajstić information content (AvgIpc) is 3.29. The smallest absolute Gasteiger partial charge is 0.254 e. The summed E-state index contributed by atoms with van der Waals surface area (Å²) in [6.45, 7) is 3.11. The predicted molar refractivity (Wildman–Crippen MR) is 111 cm³/mol. The molecule has 0 spiro atoms. The Morgan fingerprint density at radius 2 is 1.71 bits per heavy atom. The molecule has 0 atom stereocenters. The van der Waals surface area contributed by atoms with Crippen molar-refractivity contribution in [3.63, 3.8) is 0 Å². The Bertz CT molecular complexity index is 852. The van der Waals surface area contributed by atoms with E-state index in [0.717, 1.165) is 68.7 Å². The van der Waals surface area contributed by atoms with Gasteiger partial charge in [-0.15, -0.1) is 0 Å². The maximum Gasteiger partial charge on any atom is 0.254 e. The van der Waals surface area contributed by atoms with Gasteiger partial charge in [0, 0.05) is 43.3 Å². The van der Waals surface area contributed by atoms with E-state index < -0.39 is 0 Å². The second-order valence-electron chi connectivity index (χ2n) is 7.64. The van der Waals surface area contributed by atoms with Crippen LogP contribution in [0.2, 0.25) is 0 Å². The summed E-state index contributed by atoms with van der Waals surface area (Å²) >= 11 is 0. The highest BCUT2D eigenvalue weighted by atomic mass is 16.2. The summed E-state index contributed by atoms with van der Waals surface area (Å²) in [6, 6.07) is 15.5. The zero-order valence-corrected chi connectivity index (χ0v) is 16.1. The molecule has 0 aromatic heterocycles. The number of nitrogens with one attached hydrogen (secondary N) is 2. The van der Waals surface area contributed by atoms with Gasteiger partial charge >= 0.3 is 0 Å². The first-order valence-corrected chi connectivity index (χ1v) is 10.2. The quantitative estimate of drug-likeness (QED) is 0.857. The Balaban J connectivity index is 1.57. The Morgan fingerprint density at radius 3 is 2.50 bits per heavy atom. The van der Waals surface area contributed by atoms with Gasteiger partial charge in [-0.25, -0.2) is 0 Å². The maximum absolute atomic E-state index is 13.1. The summed E-state index contributed by atoms with van der Waals surface area (Å²) in [5.74, 6) is 0.308. The molecule has 4 rings (SSSR count). The third kappa shape index (κ3) is 4.09. The minimum absolute atomic E-state index is 0.0671. The maximum atomic E-state index is 13.1. The number of amides is 2. The Morgan fingerprint density at radius 1 is 0.964 bits per heavy atom. The predicted octanol–water partition coefficient (Wildman–Crippen LogP) is 3.53. The summed E-state index contributed by atoms with van der Waals surface area (Å²) in [5.41, 5.74) is 3.36. The number of hydrogen-bond acceptors (Lipinski definition) is 3. The summed E-state index contributed by atoms with van der Waals surface area (Å²) in [7, 11) is 0. The van der Waals surface area contributed by atoms with Crippen LogP contribution in [0.5, 0.6) is 0 Å². The largest absolute Gasteiger partial charge is 0.336 e. The van der Waals surface area contributed by atoms with Crippen molar-refractivity contribution in [1.82, 2.24) is 10.2 Å². The zero-order valence-electron chi connectivity index (χ0n) is 16.1. The third-order valence-corrected chi connectivity index (χ3v) is 5.73. The van der Waals surface area contributed by atoms with Crippen LogP contribution < -0.4 is 10.6 Å². The number of hydrogen-bond donors (Lipinski definition) is 2. The molecule has 2 fully saturated rings. The van der Waals surface area contributed by atoms with E-state index in [0.29, 0.717) is 5.56 Å². The molecule has 2 aromatic rings. The molecule has 5 nitrogen and oxygen atoms in total. The van der Waals surface area contributed by atoms with Crippen molar-refractivity contribution in [3.05, 3.63) is 54.1 Å². The number of anilines is 1. The molecule has 1 saturated carbocycles. The van der Waals surface area contributed by atoms with E-state index in [1.165, 1.54) is 0 Å². The minimum Gasteiger partial charge on any atom is -0.336 e. The number of rotatable bonds is 4. The number of carbonyl (C=O) groups is 2. The molecule has 5 heteroatoms. The van der Waals surface area contributed by atoms with Crippen LogP contribution in [-0.4, -0.2) is 42.9 Å². The number of nitrogens with zero attached hydrogens (tertiary/aromatic N) is 1. The van der Waals surface area contributed by atoms with Gasteiger partial charge in [0.05, 0.1) is 0 Å². The third-order valence-electron chi connectivity index (χ3n) is 5.73. The van der Waals surface area contributed by atoms with E-state index >= 15 is 0 Å². The minimum atomic E-state index is 0.0671. The van der Waals surface area contributed by atoms with Crippen molar-refractivity contribution in [2.45, 2.75) is 25.7 Å². The van der Waals surface area contributed by atoms with E-state index in [1.54, 1.807) is 0 Å². The molecule has 28 heavy (non-hydrogen) atoms. The lowest BCUT2D eigenvalue weighted by Gasteiger charge is -2.28. The van der Waals surface area contributed by atoms with E-state index in [-0.39, 0.29) is 17.7 Å². The fourth-order valence-electron chi connectivity index (χ4n) is 4.16. The van der Waals surface area contributed by atoms with E-state index in [9.17, 15) is 9.59 Å². The fraction of sp³-hybridized carbons (Fsp3) is 0.391. The van der Waals surface area contributed by atoms with Crippen molar-refractivity contribution in [2.24, 2.45) is 5.92 Å². The van der Waals surface area contributed by atoms with Gasteiger partial charge in [-0.3, -0.25) is 9.59 Å². The molecule has 1 heterocycles. The molecule has 2 N–H and O–H groups in total. The monoisotopic (exact) mass is 377 g/mol. The molecule has 1 aliphatic heterocycles. The van der Waals surface area contributed by atoms with Crippen molar-refractivity contribution in [1.29, 1.82) is 0 Å². The van der Waals surface area contributed by atoms with Crippen LogP contribution in [0.15, 0.2) is 48.5 Å². The normalized spacial score (nSPS) is 17.5. The fourth-order valence-corrected chi connectivity index (χ4v) is 4.16. The van der Waals surface area contributed by atoms with E-state index in [2.05, 4.69) is 10.6 Å². The Labute approximate surface area is 166 Å². The Kier molecular flexibility index (Phi) is 5.72. The van der Waals surface area contributed by atoms with Crippen LogP contribution in [0.25, 0.3) is 11.1 Å². The van der Waals surface area contributed by atoms with Crippen LogP contribution in [0.4, 0.5) is 5.69 Å². The van der Waals surface area contributed by atoms with Gasteiger partial charge in [-0.05, 0) is 42.2 Å². The van der Waals surface area contributed by atoms with Crippen molar-refractivity contribution < 1.29 is 9.59 Å². The first-order chi connectivity index (χ1) is 13.7. The average molecular weight is 377 g/mol. The second-order valence-corrected chi connectivity index (χ2v) is 7.64. The second kappa shape index (κ2) is 8.57. The van der Waals surface area contributed by atoms with Gasteiger partial charge in [0.2, 0.25) is 5.91 Å². The van der Waals surface area contributed by atoms with Crippen molar-refractivity contribution in [3.8, 4) is 11.1 Å². The van der Waals surface area contributed by atoms with Crippen molar-refractivity contribution >= 4 is 17.5 Å². The molecular weight excluding hydrogens is 350 g/mol. The van der Waals surface area contributed by atoms with Crippen LogP contribution in [0, 0.1) is 5.92 Å². The first kappa shape index (κ1) is 18.7. The molecular formula is C23H27N3O2. The summed E-state index contributed by atoms with van der Waals surface area (Å²) < 4.78 is 0. The standard InChI is InChI=1S/C23H27N3O2/c27-22(17-6-1-2-7-17)25-19-9-5-8-18(16-19)20-10-3-4-11-21(20)23(28)26-14-12-24-13-15-26/h3-5,8-11,16-17,24H,1-2,6-7,12-15H2,(H,25,27). The van der Waals surface area contributed by atoms with Crippen LogP contribution in [0.3, 0.4) is 0 Å². The lowest BCUT2D eigenvalue weighted by Crippen LogP contribution is -2.46. The topological polar surface area (TPSA) is 61.4 Å². The summed E-state index contributed by atoms with van der Waals surface area (Å²) in [4.78, 5) is 27.4. The van der Waals surface area contributed by atoms with Gasteiger partial charge in [0.25, 0.3) is 5.91 Å². The molecule has 0 bridgehead atoms. The van der Waals surface area contributed by atoms with Crippen LogP contribution >= 0.6 is 0 Å². The lowest BCUT2D eigenvalue weighted by atomic mass is 9.98. The molecule has 146 valence electrons. The SMILES string of the molecule is O=C(Nc1cccc(-c2ccccc2C(=O)N2CCNCC2)c1)C1CCCC1. The molecule has 2 aromatic carbocycles. The summed E-state index contributed by atoms with van der Waals surface area (Å²) in [6.07, 6.45) is 4.24. The molecule has 2 aliphatic rings. The van der Waals surface area contributed by atoms with Crippen molar-refractivity contribution in [2.75, 3.05) is 31.5 Å². The van der Waals surface area contributed by atoms with Crippen LogP contribution in [0.1, 0.15) is 36.0 Å². The number of carbonyl (C=O) groups excluding carboxylic acids is 2. The Hall–Kier alpha value is -2.66. The van der Waals surface area contributed by atoms with Gasteiger partial charge in [-0.1, -0.05) is 43.2 Å². The van der Waals surface area contributed by atoms with Gasteiger partial charge in [0.15, 0.2) is 0 Å². The molecule has 0 unspecified atom stereocenters. The zero-order chi connectivity index (χ0) is 19.3.